The Kier molecular flexibility index (Phi) is 13.1. The molecule has 5 saturated heterocycles. The van der Waals surface area contributed by atoms with Gasteiger partial charge in [0, 0.05) is 17.8 Å². The van der Waals surface area contributed by atoms with E-state index >= 15 is 0 Å². The van der Waals surface area contributed by atoms with E-state index in [4.69, 9.17) is 37.9 Å². The smallest absolute Gasteiger partial charge is 0.187 e. The topological polar surface area (TPSA) is 276 Å². The molecule has 0 radical (unpaired) electrons. The van der Waals surface area contributed by atoms with Crippen molar-refractivity contribution in [1.29, 1.82) is 0 Å². The van der Waals surface area contributed by atoms with Gasteiger partial charge in [-0.05, 0) is 107 Å². The van der Waals surface area contributed by atoms with E-state index < -0.39 is 128 Å². The summed E-state index contributed by atoms with van der Waals surface area (Å²) in [5.41, 5.74) is -0.692. The van der Waals surface area contributed by atoms with Gasteiger partial charge < -0.3 is 89.0 Å². The second kappa shape index (κ2) is 17.4. The molecule has 9 rings (SSSR count). The fraction of sp³-hybridized carbons (Fsp3) is 0.958. The van der Waals surface area contributed by atoms with Crippen LogP contribution in [0.15, 0.2) is 11.6 Å². The summed E-state index contributed by atoms with van der Waals surface area (Å²) in [6, 6.07) is 0. The van der Waals surface area contributed by atoms with Gasteiger partial charge in [0.25, 0.3) is 0 Å². The number of hydrogen-bond donors (Lipinski definition) is 10. The minimum atomic E-state index is -1.86. The maximum absolute atomic E-state index is 12.3. The lowest BCUT2D eigenvalue weighted by atomic mass is 9.35. The average molecular weight is 943 g/mol. The van der Waals surface area contributed by atoms with Crippen LogP contribution in [0, 0.1) is 45.3 Å². The molecule has 9 fully saturated rings. The van der Waals surface area contributed by atoms with Gasteiger partial charge in [-0.15, -0.1) is 0 Å². The highest BCUT2D eigenvalue weighted by Crippen LogP contribution is 2.81. The Morgan fingerprint density at radius 2 is 1.29 bits per heavy atom. The minimum absolute atomic E-state index is 0.0887. The van der Waals surface area contributed by atoms with Crippen molar-refractivity contribution in [2.75, 3.05) is 19.8 Å². The fourth-order valence-corrected chi connectivity index (χ4v) is 15.9. The summed E-state index contributed by atoms with van der Waals surface area (Å²) in [5.74, 6) is -0.143. The van der Waals surface area contributed by atoms with Crippen molar-refractivity contribution in [2.24, 2.45) is 45.3 Å². The molecule has 2 bridgehead atoms. The monoisotopic (exact) mass is 943 g/mol. The van der Waals surface area contributed by atoms with E-state index in [1.165, 1.54) is 12.5 Å². The first-order chi connectivity index (χ1) is 30.9. The lowest BCUT2D eigenvalue weighted by molar-refractivity contribution is -0.398. The number of rotatable bonds is 10. The molecule has 1 unspecified atom stereocenters. The van der Waals surface area contributed by atoms with Crippen LogP contribution in [0.3, 0.4) is 0 Å². The highest BCUT2D eigenvalue weighted by molar-refractivity contribution is 5.28. The lowest BCUT2D eigenvalue weighted by Gasteiger charge is -2.70. The first-order valence-corrected chi connectivity index (χ1v) is 24.5. The van der Waals surface area contributed by atoms with Crippen molar-refractivity contribution in [2.45, 2.75) is 222 Å². The van der Waals surface area contributed by atoms with E-state index in [1.54, 1.807) is 0 Å². The third-order valence-electron chi connectivity index (χ3n) is 19.3. The molecular formula is C48H78O18. The summed E-state index contributed by atoms with van der Waals surface area (Å²) in [6.45, 7) is 16.1. The van der Waals surface area contributed by atoms with Gasteiger partial charge in [-0.25, -0.2) is 0 Å². The van der Waals surface area contributed by atoms with Gasteiger partial charge >= 0.3 is 0 Å². The first-order valence-electron chi connectivity index (χ1n) is 24.5. The van der Waals surface area contributed by atoms with Gasteiger partial charge in [0.05, 0.1) is 43.7 Å². The molecule has 66 heavy (non-hydrogen) atoms. The summed E-state index contributed by atoms with van der Waals surface area (Å²) in [6.07, 6.45) is -15.6. The quantitative estimate of drug-likeness (QED) is 0.105. The molecule has 0 amide bonds. The van der Waals surface area contributed by atoms with Gasteiger partial charge in [-0.2, -0.15) is 0 Å². The third-order valence-corrected chi connectivity index (χ3v) is 19.3. The van der Waals surface area contributed by atoms with E-state index in [-0.39, 0.29) is 40.1 Å². The Bertz CT molecular complexity index is 1790. The number of aliphatic hydroxyl groups excluding tert-OH is 9. The number of allylic oxidation sites excluding steroid dienone is 1. The minimum Gasteiger partial charge on any atom is -0.394 e. The number of aliphatic hydroxyl groups is 10. The number of fused-ring (bicyclic) bond motifs is 4. The lowest BCUT2D eigenvalue weighted by Crippen LogP contribution is -2.68. The Morgan fingerprint density at radius 3 is 1.95 bits per heavy atom. The van der Waals surface area contributed by atoms with Crippen molar-refractivity contribution in [3.63, 3.8) is 0 Å². The molecule has 0 aromatic carbocycles. The molecule has 4 saturated carbocycles. The predicted octanol–water partition coefficient (Wildman–Crippen LogP) is 0.355. The second-order valence-electron chi connectivity index (χ2n) is 23.3. The summed E-state index contributed by atoms with van der Waals surface area (Å²) in [5, 5.41) is 109. The molecule has 0 aromatic heterocycles. The molecule has 10 N–H and O–H groups in total. The van der Waals surface area contributed by atoms with Gasteiger partial charge in [-0.3, -0.25) is 0 Å². The maximum atomic E-state index is 12.3. The van der Waals surface area contributed by atoms with E-state index in [1.807, 2.05) is 6.92 Å². The molecule has 4 aliphatic carbocycles. The van der Waals surface area contributed by atoms with Crippen LogP contribution in [0.2, 0.25) is 0 Å². The first kappa shape index (κ1) is 50.0. The van der Waals surface area contributed by atoms with Crippen LogP contribution in [0.5, 0.6) is 0 Å². The Morgan fingerprint density at radius 1 is 0.667 bits per heavy atom. The zero-order valence-electron chi connectivity index (χ0n) is 39.7. The van der Waals surface area contributed by atoms with E-state index in [0.29, 0.717) is 25.4 Å². The molecule has 26 atom stereocenters. The average Bonchev–Trinajstić information content (AvgIpc) is 3.87. The molecule has 5 aliphatic heterocycles. The molecule has 2 spiro atoms. The van der Waals surface area contributed by atoms with Gasteiger partial charge in [0.15, 0.2) is 24.7 Å². The maximum Gasteiger partial charge on any atom is 0.187 e. The van der Waals surface area contributed by atoms with E-state index in [0.717, 1.165) is 38.5 Å². The van der Waals surface area contributed by atoms with Crippen molar-refractivity contribution in [1.82, 2.24) is 0 Å². The van der Waals surface area contributed by atoms with Crippen LogP contribution in [0.4, 0.5) is 0 Å². The molecule has 18 heteroatoms. The van der Waals surface area contributed by atoms with Crippen molar-refractivity contribution < 1.29 is 89.0 Å². The summed E-state index contributed by atoms with van der Waals surface area (Å²) >= 11 is 0. The summed E-state index contributed by atoms with van der Waals surface area (Å²) < 4.78 is 51.1. The zero-order chi connectivity index (χ0) is 47.8. The van der Waals surface area contributed by atoms with Crippen LogP contribution in [0.25, 0.3) is 0 Å². The molecule has 9 aliphatic rings. The van der Waals surface area contributed by atoms with Crippen LogP contribution in [-0.2, 0) is 37.9 Å². The van der Waals surface area contributed by atoms with E-state index in [2.05, 4.69) is 47.6 Å². The number of hydrogen-bond acceptors (Lipinski definition) is 18. The third kappa shape index (κ3) is 7.32. The van der Waals surface area contributed by atoms with Crippen molar-refractivity contribution in [3.8, 4) is 0 Å². The van der Waals surface area contributed by atoms with Crippen molar-refractivity contribution >= 4 is 0 Å². The molecule has 378 valence electrons. The Labute approximate surface area is 387 Å². The SMILES string of the molecule is CC(C)=CCC1O[C@]23C[C@]4(CO2)[C@H](CC[C@@H]2[C@@]5(C)CC[C@H](O[C@@H]6O[C@H](CO)[C@H](O)[C@H](O[C@@H]7O[C@H](CO)[C@@H](O)[C@H](O)[C@H]7O)[C@H]6O[C@@H]6O[C@@H](C)[C@H](O)[C@@H](O)[C@H]6O)C(C)(C)[C@@H]5CC[C@]24C)[C@H]3[C@@]1(C)O. The fourth-order valence-electron chi connectivity index (χ4n) is 15.9. The molecule has 18 nitrogen and oxygen atoms in total. The van der Waals surface area contributed by atoms with Gasteiger partial charge in [0.2, 0.25) is 0 Å². The molecule has 5 heterocycles. The van der Waals surface area contributed by atoms with Crippen molar-refractivity contribution in [3.05, 3.63) is 11.6 Å². The Balaban J connectivity index is 0.986. The van der Waals surface area contributed by atoms with Gasteiger partial charge in [0.1, 0.15) is 67.1 Å². The van der Waals surface area contributed by atoms with Gasteiger partial charge in [-0.1, -0.05) is 39.3 Å². The van der Waals surface area contributed by atoms with Crippen LogP contribution >= 0.6 is 0 Å². The number of ether oxygens (including phenoxy) is 8. The second-order valence-corrected chi connectivity index (χ2v) is 23.3. The van der Waals surface area contributed by atoms with Crippen LogP contribution < -0.4 is 0 Å². The largest absolute Gasteiger partial charge is 0.394 e. The van der Waals surface area contributed by atoms with E-state index in [9.17, 15) is 51.1 Å². The van der Waals surface area contributed by atoms with Crippen LogP contribution in [-0.4, -0.2) is 187 Å². The highest BCUT2D eigenvalue weighted by Gasteiger charge is 2.82. The predicted molar refractivity (Wildman–Crippen MR) is 229 cm³/mol. The zero-order valence-corrected chi connectivity index (χ0v) is 39.7. The molecular weight excluding hydrogens is 865 g/mol. The highest BCUT2D eigenvalue weighted by atomic mass is 16.8. The standard InChI is InChI=1S/C48H78O18/c1-21(2)9-12-29-46(8,58)39-23-10-11-27-44(6)15-14-28(43(4,5)26(44)13-16-45(27,7)47(23)19-48(39,66-29)59-20-47)63-42-38(65-40-35(56)33(54)30(51)22(3)60-40)37(32(53)25(18-50)62-42)64-41-36(57)34(55)31(52)24(17-49)61-41/h9,22-42,49-58H,10-20H2,1-8H3/t22-,23+,24+,25+,26-,27+,28-,29?,30-,31+,32-,33+,34-,35+,36+,37-,38+,39-,40-,41-,42-,44-,45+,46-,47-,48-/m0/s1. The van der Waals surface area contributed by atoms with Crippen LogP contribution in [0.1, 0.15) is 107 Å². The summed E-state index contributed by atoms with van der Waals surface area (Å²) in [7, 11) is 0. The summed E-state index contributed by atoms with van der Waals surface area (Å²) in [4.78, 5) is 0. The molecule has 0 aromatic rings. The normalized spacial score (nSPS) is 57.4. The Hall–Kier alpha value is -0.980.